The molecule has 3 aromatic rings. The van der Waals surface area contributed by atoms with Crippen LogP contribution in [-0.4, -0.2) is 84.0 Å². The van der Waals surface area contributed by atoms with E-state index in [0.29, 0.717) is 46.3 Å². The molecule has 0 heterocycles. The van der Waals surface area contributed by atoms with Gasteiger partial charge in [-0.3, -0.25) is 0 Å². The first-order chi connectivity index (χ1) is 23.7. The topological polar surface area (TPSA) is 138 Å². The molecule has 2 N–H and O–H groups in total. The number of hydrogen-bond donors (Lipinski definition) is 1. The van der Waals surface area contributed by atoms with E-state index in [4.69, 9.17) is 5.73 Å². The van der Waals surface area contributed by atoms with E-state index >= 15 is 0 Å². The van der Waals surface area contributed by atoms with Crippen LogP contribution in [0.25, 0.3) is 0 Å². The minimum absolute atomic E-state index is 0.0463. The van der Waals surface area contributed by atoms with Crippen molar-refractivity contribution in [3.8, 4) is 0 Å². The third kappa shape index (κ3) is 9.87. The largest absolute Gasteiger partial charge is 0.330 e. The van der Waals surface area contributed by atoms with E-state index in [1.165, 1.54) is 12.9 Å². The van der Waals surface area contributed by atoms with Crippen LogP contribution in [0.1, 0.15) is 76.3 Å². The molecule has 0 radical (unpaired) electrons. The summed E-state index contributed by atoms with van der Waals surface area (Å²) in [4.78, 5) is 0.765. The van der Waals surface area contributed by atoms with E-state index in [0.717, 1.165) is 16.7 Å². The van der Waals surface area contributed by atoms with Crippen LogP contribution in [0.15, 0.2) is 51.1 Å². The molecule has 0 saturated heterocycles. The van der Waals surface area contributed by atoms with Crippen molar-refractivity contribution in [1.29, 1.82) is 0 Å². The van der Waals surface area contributed by atoms with Crippen LogP contribution in [0.5, 0.6) is 0 Å². The summed E-state index contributed by atoms with van der Waals surface area (Å²) in [5.74, 6) is 0. The van der Waals surface area contributed by atoms with Crippen molar-refractivity contribution in [3.05, 3.63) is 86.5 Å². The van der Waals surface area contributed by atoms with Crippen molar-refractivity contribution < 1.29 is 25.3 Å². The van der Waals surface area contributed by atoms with Crippen molar-refractivity contribution >= 4 is 30.1 Å². The zero-order valence-corrected chi connectivity index (χ0v) is 34.6. The fraction of sp³-hybridized carbons (Fsp3) is 0.526. The second kappa shape index (κ2) is 17.5. The Morgan fingerprint density at radius 3 is 0.922 bits per heavy atom. The van der Waals surface area contributed by atoms with Gasteiger partial charge in [-0.1, -0.05) is 60.0 Å². The van der Waals surface area contributed by atoms with Crippen LogP contribution in [0.2, 0.25) is 0 Å². The summed E-state index contributed by atoms with van der Waals surface area (Å²) in [6.07, 6.45) is 0.930. The Kier molecular flexibility index (Phi) is 14.6. The lowest BCUT2D eigenvalue weighted by Gasteiger charge is -2.28. The van der Waals surface area contributed by atoms with Crippen molar-refractivity contribution in [1.82, 2.24) is 12.9 Å². The van der Waals surface area contributed by atoms with Crippen LogP contribution in [0.3, 0.4) is 0 Å². The highest BCUT2D eigenvalue weighted by Gasteiger charge is 2.32. The summed E-state index contributed by atoms with van der Waals surface area (Å²) in [6.45, 7) is 19.3. The van der Waals surface area contributed by atoms with Gasteiger partial charge in [-0.05, 0) is 122 Å². The van der Waals surface area contributed by atoms with Crippen LogP contribution >= 0.6 is 0 Å². The molecular weight excluding hydrogens is 705 g/mol. The van der Waals surface area contributed by atoms with Gasteiger partial charge in [-0.25, -0.2) is 25.3 Å². The molecule has 0 aromatic heterocycles. The van der Waals surface area contributed by atoms with E-state index in [1.807, 2.05) is 57.2 Å². The fourth-order valence-corrected chi connectivity index (χ4v) is 13.1. The quantitative estimate of drug-likeness (QED) is 0.168. The second-order valence-corrected chi connectivity index (χ2v) is 19.5. The van der Waals surface area contributed by atoms with Crippen molar-refractivity contribution in [3.63, 3.8) is 0 Å². The van der Waals surface area contributed by atoms with Crippen LogP contribution in [0.4, 0.5) is 0 Å². The summed E-state index contributed by atoms with van der Waals surface area (Å²) < 4.78 is 88.8. The summed E-state index contributed by atoms with van der Waals surface area (Å²) in [5.41, 5.74) is 12.6. The van der Waals surface area contributed by atoms with Gasteiger partial charge >= 0.3 is 0 Å². The highest BCUT2D eigenvalue weighted by atomic mass is 32.2. The van der Waals surface area contributed by atoms with Gasteiger partial charge in [-0.15, -0.1) is 0 Å². The molecule has 0 atom stereocenters. The number of aryl methyl sites for hydroxylation is 9. The lowest BCUT2D eigenvalue weighted by molar-refractivity contribution is 0.340. The van der Waals surface area contributed by atoms with Gasteiger partial charge in [0.1, 0.15) is 0 Å². The molecule has 0 aliphatic rings. The Hall–Kier alpha value is -2.65. The van der Waals surface area contributed by atoms with Crippen LogP contribution in [-0.2, 0) is 30.1 Å². The molecule has 3 aromatic carbocycles. The zero-order valence-electron chi connectivity index (χ0n) is 32.1. The number of nitrogens with zero attached hydrogens (tertiary/aromatic N) is 3. The lowest BCUT2D eigenvalue weighted by atomic mass is 10.1. The molecule has 0 fully saturated rings. The number of rotatable bonds is 18. The Balaban J connectivity index is 1.94. The van der Waals surface area contributed by atoms with Gasteiger partial charge < -0.3 is 5.73 Å². The lowest BCUT2D eigenvalue weighted by Crippen LogP contribution is -2.40. The molecule has 0 bridgehead atoms. The summed E-state index contributed by atoms with van der Waals surface area (Å²) in [6, 6.07) is 11.1. The van der Waals surface area contributed by atoms with Gasteiger partial charge in [-0.2, -0.15) is 12.9 Å². The monoisotopic (exact) mass is 762 g/mol. The van der Waals surface area contributed by atoms with E-state index < -0.39 is 30.1 Å². The Morgan fingerprint density at radius 2 is 0.667 bits per heavy atom. The van der Waals surface area contributed by atoms with Gasteiger partial charge in [0.2, 0.25) is 30.1 Å². The minimum Gasteiger partial charge on any atom is -0.330 e. The maximum Gasteiger partial charge on any atom is 0.243 e. The molecule has 0 aliphatic heterocycles. The van der Waals surface area contributed by atoms with E-state index in [1.54, 1.807) is 48.5 Å². The number of benzene rings is 3. The first-order valence-corrected chi connectivity index (χ1v) is 22.0. The molecule has 284 valence electrons. The third-order valence-electron chi connectivity index (χ3n) is 9.20. The highest BCUT2D eigenvalue weighted by molar-refractivity contribution is 7.89. The van der Waals surface area contributed by atoms with Crippen molar-refractivity contribution in [2.24, 2.45) is 5.73 Å². The average Bonchev–Trinajstić information content (AvgIpc) is 2.97. The molecule has 0 aliphatic carbocycles. The molecular formula is C38H58N4O6S3. The fourth-order valence-electron chi connectivity index (χ4n) is 7.38. The maximum absolute atomic E-state index is 14.4. The molecule has 0 unspecified atom stereocenters. The van der Waals surface area contributed by atoms with Crippen LogP contribution < -0.4 is 5.73 Å². The molecule has 51 heavy (non-hydrogen) atoms. The van der Waals surface area contributed by atoms with Gasteiger partial charge in [0, 0.05) is 39.3 Å². The van der Waals surface area contributed by atoms with Gasteiger partial charge in [0.25, 0.3) is 0 Å². The predicted octanol–water partition coefficient (Wildman–Crippen LogP) is 5.98. The zero-order chi connectivity index (χ0) is 38.5. The van der Waals surface area contributed by atoms with E-state index in [9.17, 15) is 25.3 Å². The highest BCUT2D eigenvalue weighted by Crippen LogP contribution is 2.29. The molecule has 0 saturated carbocycles. The molecule has 0 spiro atoms. The normalized spacial score (nSPS) is 12.8. The first kappa shape index (κ1) is 42.8. The van der Waals surface area contributed by atoms with Crippen molar-refractivity contribution in [2.45, 2.75) is 103 Å². The number of sulfonamides is 3. The summed E-state index contributed by atoms with van der Waals surface area (Å²) in [5, 5.41) is 0. The number of hydrogen-bond acceptors (Lipinski definition) is 7. The second-order valence-electron chi connectivity index (χ2n) is 13.8. The Morgan fingerprint density at radius 1 is 0.431 bits per heavy atom. The SMILES string of the molecule is CCN(CCCN(CCCN(CCCN)S(=O)(=O)c1c(C)cc(C)cc1C)S(=O)(=O)c1c(C)cc(C)cc1C)S(=O)(=O)c1c(C)cc(C)cc1C. The molecule has 3 rings (SSSR count). The molecule has 13 heteroatoms. The van der Waals surface area contributed by atoms with E-state index in [-0.39, 0.29) is 66.8 Å². The molecule has 10 nitrogen and oxygen atoms in total. The Bertz CT molecular complexity index is 1980. The van der Waals surface area contributed by atoms with Gasteiger partial charge in [0.15, 0.2) is 0 Å². The summed E-state index contributed by atoms with van der Waals surface area (Å²) in [7, 11) is -11.8. The number of nitrogens with two attached hydrogens (primary N) is 1. The minimum atomic E-state index is -4.03. The van der Waals surface area contributed by atoms with Crippen LogP contribution in [0, 0.1) is 62.3 Å². The average molecular weight is 763 g/mol. The standard InChI is InChI=1S/C38H58N4O6S3/c1-11-40(49(43,44)36-30(5)21-27(2)22-31(36)6)17-13-18-42(51(47,48)38-34(9)25-29(4)26-35(38)10)20-14-19-41(16-12-15-39)50(45,46)37-32(7)23-28(3)24-33(37)8/h21-26H,11-20,39H2,1-10H3. The van der Waals surface area contributed by atoms with Crippen molar-refractivity contribution in [2.75, 3.05) is 45.8 Å². The third-order valence-corrected chi connectivity index (χ3v) is 15.9. The smallest absolute Gasteiger partial charge is 0.243 e. The first-order valence-electron chi connectivity index (χ1n) is 17.6. The van der Waals surface area contributed by atoms with Gasteiger partial charge in [0.05, 0.1) is 14.7 Å². The predicted molar refractivity (Wildman–Crippen MR) is 207 cm³/mol. The molecule has 0 amide bonds. The summed E-state index contributed by atoms with van der Waals surface area (Å²) >= 11 is 0. The van der Waals surface area contributed by atoms with E-state index in [2.05, 4.69) is 0 Å². The Labute approximate surface area is 308 Å². The maximum atomic E-state index is 14.4.